The molecule has 35 heavy (non-hydrogen) atoms. The zero-order valence-electron chi connectivity index (χ0n) is 24.6. The Morgan fingerprint density at radius 3 is 1.37 bits per heavy atom. The van der Waals surface area contributed by atoms with Gasteiger partial charge < -0.3 is 23.8 Å². The fraction of sp³-hybridized carbons (Fsp3) is 0.483. The molecule has 0 saturated heterocycles. The van der Waals surface area contributed by atoms with Crippen molar-refractivity contribution in [1.82, 2.24) is 12.3 Å². The van der Waals surface area contributed by atoms with E-state index in [1.807, 2.05) is 0 Å². The van der Waals surface area contributed by atoms with Crippen molar-refractivity contribution in [3.63, 3.8) is 0 Å². The molecule has 2 aromatic carbocycles. The van der Waals surface area contributed by atoms with Gasteiger partial charge in [0, 0.05) is 18.1 Å². The maximum Gasteiger partial charge on any atom is 2.00 e. The average molecular weight is 511 g/mol. The van der Waals surface area contributed by atoms with Gasteiger partial charge in [-0.15, -0.1) is 5.69 Å². The van der Waals surface area contributed by atoms with Crippen molar-refractivity contribution >= 4 is 54.8 Å². The van der Waals surface area contributed by atoms with Crippen LogP contribution in [0.25, 0.3) is 11.5 Å². The molecule has 0 fully saturated rings. The van der Waals surface area contributed by atoms with Gasteiger partial charge in [0.25, 0.3) is 0 Å². The van der Waals surface area contributed by atoms with Crippen LogP contribution in [0.2, 0.25) is 0 Å². The molecule has 192 valence electrons. The summed E-state index contributed by atoms with van der Waals surface area (Å²) in [5, 5.41) is 5.10. The largest absolute Gasteiger partial charge is 2.00 e. The summed E-state index contributed by atoms with van der Waals surface area (Å²) in [4.78, 5) is 3.71. The van der Waals surface area contributed by atoms with Crippen LogP contribution in [0.15, 0.2) is 48.2 Å². The van der Waals surface area contributed by atoms with Gasteiger partial charge in [0.1, 0.15) is 0 Å². The van der Waals surface area contributed by atoms with Crippen LogP contribution in [0.1, 0.15) is 115 Å². The fourth-order valence-corrected chi connectivity index (χ4v) is 4.09. The van der Waals surface area contributed by atoms with E-state index < -0.39 is 0 Å². The molecule has 6 heteroatoms. The molecule has 0 aliphatic carbocycles. The molecule has 0 saturated carbocycles. The molecule has 0 spiro atoms. The number of para-hydroxylation sites is 2. The van der Waals surface area contributed by atoms with E-state index in [4.69, 9.17) is 5.32 Å². The van der Waals surface area contributed by atoms with Crippen LogP contribution >= 0.6 is 0 Å². The molecule has 0 heterocycles. The van der Waals surface area contributed by atoms with Gasteiger partial charge in [0.15, 0.2) is 5.71 Å². The van der Waals surface area contributed by atoms with Crippen LogP contribution in [-0.4, -0.2) is 43.4 Å². The summed E-state index contributed by atoms with van der Waals surface area (Å²) in [5.41, 5.74) is 9.88. The fourth-order valence-electron chi connectivity index (χ4n) is 4.09. The van der Waals surface area contributed by atoms with Crippen LogP contribution in [-0.2, 0) is 0 Å². The summed E-state index contributed by atoms with van der Waals surface area (Å²) >= 11 is 0. The summed E-state index contributed by atoms with van der Waals surface area (Å²) in [6.45, 7) is 22.2. The Bertz CT molecular complexity index is 907. The van der Waals surface area contributed by atoms with Crippen LogP contribution in [0, 0.1) is 0 Å². The Hall–Kier alpha value is -1.21. The third-order valence-corrected chi connectivity index (χ3v) is 5.75. The zero-order valence-corrected chi connectivity index (χ0v) is 26.8. The Kier molecular flexibility index (Phi) is 18.9. The van der Waals surface area contributed by atoms with E-state index in [9.17, 15) is 0 Å². The van der Waals surface area contributed by atoms with Gasteiger partial charge in [0.2, 0.25) is 5.69 Å². The first-order chi connectivity index (χ1) is 14.5. The summed E-state index contributed by atoms with van der Waals surface area (Å²) in [6.07, 6.45) is 2.17. The van der Waals surface area contributed by atoms with Gasteiger partial charge >= 0.3 is 37.7 Å². The zero-order chi connectivity index (χ0) is 23.3. The summed E-state index contributed by atoms with van der Waals surface area (Å²) in [5.74, 6) is 1.82. The van der Waals surface area contributed by atoms with E-state index >= 15 is 0 Å². The third kappa shape index (κ3) is 10.4. The Labute approximate surface area is 245 Å². The van der Waals surface area contributed by atoms with Crippen molar-refractivity contribution in [2.24, 2.45) is 0 Å². The monoisotopic (exact) mass is 510 g/mol. The van der Waals surface area contributed by atoms with Crippen molar-refractivity contribution in [3.05, 3.63) is 81.9 Å². The molecule has 5 nitrogen and oxygen atoms in total. The minimum atomic E-state index is 0. The molecular weight excluding hydrogens is 458 g/mol. The van der Waals surface area contributed by atoms with Gasteiger partial charge in [-0.05, 0) is 29.7 Å². The predicted octanol–water partition coefficient (Wildman–Crippen LogP) is 9.05. The van der Waals surface area contributed by atoms with Crippen LogP contribution in [0.5, 0.6) is 0 Å². The number of nitrogens with two attached hydrogens (primary N) is 1. The summed E-state index contributed by atoms with van der Waals surface area (Å²) in [6, 6.07) is 13.2. The molecule has 0 radical (unpaired) electrons. The maximum absolute atomic E-state index is 5.10. The number of hydrogen-bond acceptors (Lipinski definition) is 0. The van der Waals surface area contributed by atoms with Crippen LogP contribution < -0.4 is 17.3 Å². The van der Waals surface area contributed by atoms with Crippen LogP contribution in [0.4, 0.5) is 11.4 Å². The number of hydrogen-bond donors (Lipinski definition) is 3. The second-order valence-electron chi connectivity index (χ2n) is 9.92. The molecule has 2 rings (SSSR count). The van der Waals surface area contributed by atoms with E-state index in [0.29, 0.717) is 23.7 Å². The standard InChI is InChI=1S/C29H41N2.Ca.2H3N.H2N/c1-18(2)24-13-11-14-25(19(3)4)28(24)30-22(9)17-23(10)31-29-26(20(5)6)15-12-16-27(29)21(7)8;;;;/h11-21H,1-10H3;;2*1H3;1H2/q-1;+2;;;-1/p+3/b22-17-,31-23?;;;;. The molecule has 11 N–H and O–H groups in total. The van der Waals surface area contributed by atoms with E-state index in [-0.39, 0.29) is 56.2 Å². The SMILES string of the molecule is CC(/C=C(/C)[N-]c1c(C(C)C)cccc1C(C)C)=[NH+]c1c(C(C)C)cccc1C(C)C.[Ca+2].[NH2-].[NH4+].[NH4+]. The molecular formula is C29H52CaN5+3. The van der Waals surface area contributed by atoms with Crippen molar-refractivity contribution in [3.8, 4) is 0 Å². The molecule has 0 aliphatic rings. The number of quaternary nitrogens is 2. The maximum atomic E-state index is 5.10. The van der Waals surface area contributed by atoms with Crippen molar-refractivity contribution < 1.29 is 4.99 Å². The van der Waals surface area contributed by atoms with Gasteiger partial charge in [0.05, 0.1) is 0 Å². The van der Waals surface area contributed by atoms with E-state index in [1.54, 1.807) is 0 Å². The molecule has 0 amide bonds. The Morgan fingerprint density at radius 1 is 0.686 bits per heavy atom. The second-order valence-corrected chi connectivity index (χ2v) is 9.92. The topological polar surface area (TPSA) is 135 Å². The number of rotatable bonds is 8. The first kappa shape index (κ1) is 38.3. The summed E-state index contributed by atoms with van der Waals surface area (Å²) < 4.78 is 0. The smallest absolute Gasteiger partial charge is 0.693 e. The molecule has 0 aliphatic heterocycles. The average Bonchev–Trinajstić information content (AvgIpc) is 2.67. The number of allylic oxidation sites excluding steroid dienone is 2. The molecule has 0 aromatic heterocycles. The first-order valence-corrected chi connectivity index (χ1v) is 11.8. The molecule has 2 aromatic rings. The Balaban J connectivity index is -0.00000256. The van der Waals surface area contributed by atoms with Crippen molar-refractivity contribution in [1.29, 1.82) is 0 Å². The minimum Gasteiger partial charge on any atom is -0.693 e. The second kappa shape index (κ2) is 17.3. The minimum absolute atomic E-state index is 0. The van der Waals surface area contributed by atoms with Gasteiger partial charge in [-0.25, -0.2) is 4.99 Å². The predicted molar refractivity (Wildman–Crippen MR) is 160 cm³/mol. The third-order valence-electron chi connectivity index (χ3n) is 5.75. The normalized spacial score (nSPS) is 11.6. The van der Waals surface area contributed by atoms with E-state index in [1.165, 1.54) is 27.9 Å². The van der Waals surface area contributed by atoms with E-state index in [2.05, 4.69) is 117 Å². The van der Waals surface area contributed by atoms with Crippen molar-refractivity contribution in [2.45, 2.75) is 92.9 Å². The molecule has 0 bridgehead atoms. The quantitative estimate of drug-likeness (QED) is 0.231. The van der Waals surface area contributed by atoms with Gasteiger partial charge in [-0.1, -0.05) is 110 Å². The first-order valence-electron chi connectivity index (χ1n) is 11.8. The Morgan fingerprint density at radius 2 is 1.03 bits per heavy atom. The van der Waals surface area contributed by atoms with Gasteiger partial charge in [-0.2, -0.15) is 5.70 Å². The van der Waals surface area contributed by atoms with Crippen molar-refractivity contribution in [2.75, 3.05) is 0 Å². The molecule has 0 unspecified atom stereocenters. The molecule has 0 atom stereocenters. The number of nitrogens with one attached hydrogen (secondary N) is 1. The van der Waals surface area contributed by atoms with E-state index in [0.717, 1.165) is 17.1 Å². The number of benzene rings is 2. The number of nitrogens with zero attached hydrogens (tertiary/aromatic N) is 1. The summed E-state index contributed by atoms with van der Waals surface area (Å²) in [7, 11) is 0. The van der Waals surface area contributed by atoms with Gasteiger partial charge in [-0.3, -0.25) is 0 Å². The van der Waals surface area contributed by atoms with Crippen LogP contribution in [0.3, 0.4) is 0 Å².